The quantitative estimate of drug-likeness (QED) is 0.0251. The highest BCUT2D eigenvalue weighted by atomic mass is 33.7. The predicted molar refractivity (Wildman–Crippen MR) is 296 cm³/mol. The Morgan fingerprint density at radius 3 is 1.24 bits per heavy atom. The molecule has 19 heteroatoms. The molecule has 0 bridgehead atoms. The van der Waals surface area contributed by atoms with Gasteiger partial charge in [0.1, 0.15) is 5.91 Å². The number of rotatable bonds is 48. The molecule has 62 heavy (non-hydrogen) atoms. The van der Waals surface area contributed by atoms with E-state index in [0.29, 0.717) is 39.6 Å². The second kappa shape index (κ2) is 45.3. The van der Waals surface area contributed by atoms with Crippen LogP contribution in [0.5, 0.6) is 0 Å². The molecule has 1 aliphatic rings. The van der Waals surface area contributed by atoms with Gasteiger partial charge in [-0.05, 0) is 164 Å². The minimum atomic E-state index is -2.48. The molecule has 3 atom stereocenters. The monoisotopic (exact) mass is 1080 g/mol. The van der Waals surface area contributed by atoms with Crippen molar-refractivity contribution in [1.29, 1.82) is 0 Å². The van der Waals surface area contributed by atoms with Gasteiger partial charge in [0, 0.05) is 88.0 Å². The SMILES string of the molecule is CCOC(OCC)[SiH2]CCC1CCC(CCSSSSCCCCCCC[Si](OCC)(OCC)OCC)C(CCSSSSCCCCCCC[Si](OCC)(OCC)OCC)C1. The second-order valence-electron chi connectivity index (χ2n) is 15.6. The van der Waals surface area contributed by atoms with E-state index in [0.717, 1.165) is 55.9 Å². The smallest absolute Gasteiger partial charge is 0.374 e. The van der Waals surface area contributed by atoms with Gasteiger partial charge < -0.3 is 36.0 Å². The van der Waals surface area contributed by atoms with Crippen molar-refractivity contribution in [2.45, 2.75) is 182 Å². The number of hydrogen-bond acceptors (Lipinski definition) is 16. The molecule has 1 fully saturated rings. The first-order chi connectivity index (χ1) is 30.4. The Balaban J connectivity index is 2.32. The van der Waals surface area contributed by atoms with Gasteiger partial charge in [0.05, 0.1) is 9.52 Å². The van der Waals surface area contributed by atoms with Crippen LogP contribution in [0.25, 0.3) is 0 Å². The lowest BCUT2D eigenvalue weighted by molar-refractivity contribution is -0.0828. The van der Waals surface area contributed by atoms with Gasteiger partial charge in [0.15, 0.2) is 0 Å². The van der Waals surface area contributed by atoms with E-state index in [1.165, 1.54) is 119 Å². The fourth-order valence-electron chi connectivity index (χ4n) is 8.26. The van der Waals surface area contributed by atoms with Crippen LogP contribution in [0.4, 0.5) is 0 Å². The van der Waals surface area contributed by atoms with Crippen LogP contribution in [0.2, 0.25) is 18.1 Å². The maximum absolute atomic E-state index is 6.02. The van der Waals surface area contributed by atoms with E-state index in [1.807, 2.05) is 102 Å². The van der Waals surface area contributed by atoms with Crippen LogP contribution in [-0.4, -0.2) is 109 Å². The van der Waals surface area contributed by atoms with Gasteiger partial charge in [-0.2, -0.15) is 0 Å². The highest BCUT2D eigenvalue weighted by molar-refractivity contribution is 9.26. The van der Waals surface area contributed by atoms with Crippen molar-refractivity contribution in [1.82, 2.24) is 0 Å². The maximum Gasteiger partial charge on any atom is 0.500 e. The van der Waals surface area contributed by atoms with Crippen molar-refractivity contribution >= 4 is 110 Å². The van der Waals surface area contributed by atoms with E-state index >= 15 is 0 Å². The summed E-state index contributed by atoms with van der Waals surface area (Å²) in [7, 11) is 11.0. The average Bonchev–Trinajstić information content (AvgIpc) is 3.25. The molecule has 0 aromatic heterocycles. The summed E-state index contributed by atoms with van der Waals surface area (Å²) in [4.78, 5) is 0. The third-order valence-electron chi connectivity index (χ3n) is 11.0. The molecule has 0 heterocycles. The predicted octanol–water partition coefficient (Wildman–Crippen LogP) is 15.5. The summed E-state index contributed by atoms with van der Waals surface area (Å²) in [5, 5.41) is 0. The molecule has 0 amide bonds. The van der Waals surface area contributed by atoms with E-state index in [1.54, 1.807) is 0 Å². The van der Waals surface area contributed by atoms with Gasteiger partial charge in [-0.15, -0.1) is 0 Å². The highest BCUT2D eigenvalue weighted by Gasteiger charge is 2.40. The van der Waals surface area contributed by atoms with Gasteiger partial charge in [0.2, 0.25) is 0 Å². The molecular weight excluding hydrogens is 985 g/mol. The second-order valence-corrected chi connectivity index (χ2v) is 35.5. The molecule has 3 unspecified atom stereocenters. The summed E-state index contributed by atoms with van der Waals surface area (Å²) in [6.07, 6.45) is 20.9. The molecule has 372 valence electrons. The standard InChI is InChI=1S/C43H92O8S8Si3/c1-9-44-43(45-10-2)60-36-31-40-27-28-41(29-34-54-58-56-52-32-23-19-17-21-25-37-61(46-11-3,47-12-4)48-13-5)42(39-40)30-35-55-59-57-53-33-24-20-18-22-26-38-62(49-14-6,50-15-7)51-16-8/h40-43H,9-39,60H2,1-8H3. The number of ether oxygens (including phenoxy) is 2. The van der Waals surface area contributed by atoms with Crippen molar-refractivity contribution < 1.29 is 36.0 Å². The van der Waals surface area contributed by atoms with Gasteiger partial charge in [0.25, 0.3) is 0 Å². The zero-order valence-electron chi connectivity index (χ0n) is 40.5. The van der Waals surface area contributed by atoms with Crippen LogP contribution in [0.15, 0.2) is 0 Å². The van der Waals surface area contributed by atoms with E-state index in [-0.39, 0.29) is 15.4 Å². The lowest BCUT2D eigenvalue weighted by atomic mass is 9.71. The lowest BCUT2D eigenvalue weighted by Crippen LogP contribution is -2.45. The fourth-order valence-corrected chi connectivity index (χ4v) is 28.1. The Morgan fingerprint density at radius 1 is 0.435 bits per heavy atom. The molecule has 1 rings (SSSR count). The molecule has 8 nitrogen and oxygen atoms in total. The first kappa shape index (κ1) is 63.1. The molecule has 1 saturated carbocycles. The summed E-state index contributed by atoms with van der Waals surface area (Å²) in [5.41, 5.74) is 0. The van der Waals surface area contributed by atoms with Gasteiger partial charge in [-0.1, -0.05) is 101 Å². The number of unbranched alkanes of at least 4 members (excludes halogenated alkanes) is 8. The Labute approximate surface area is 417 Å². The molecule has 0 aromatic carbocycles. The molecule has 0 aromatic rings. The summed E-state index contributed by atoms with van der Waals surface area (Å²) < 4.78 is 47.9. The molecule has 0 radical (unpaired) electrons. The molecule has 0 saturated heterocycles. The molecular formula is C43H92O8S8Si3. The maximum atomic E-state index is 6.02. The van der Waals surface area contributed by atoms with Crippen molar-refractivity contribution in [2.24, 2.45) is 17.8 Å². The summed E-state index contributed by atoms with van der Waals surface area (Å²) in [6.45, 7) is 21.9. The van der Waals surface area contributed by atoms with E-state index in [2.05, 4.69) is 35.4 Å². The number of hydrogen-bond donors (Lipinski definition) is 0. The molecule has 0 aliphatic heterocycles. The third-order valence-corrected chi connectivity index (χ3v) is 32.2. The Morgan fingerprint density at radius 2 is 0.823 bits per heavy atom. The zero-order valence-corrected chi connectivity index (χ0v) is 50.4. The van der Waals surface area contributed by atoms with Crippen LogP contribution in [0.1, 0.15) is 158 Å². The average molecular weight is 1080 g/mol. The van der Waals surface area contributed by atoms with Crippen molar-refractivity contribution in [3.63, 3.8) is 0 Å². The summed E-state index contributed by atoms with van der Waals surface area (Å²) in [5.74, 6) is 7.81. The molecule has 0 N–H and O–H groups in total. The summed E-state index contributed by atoms with van der Waals surface area (Å²) >= 11 is 0. The normalized spacial score (nSPS) is 17.7. The van der Waals surface area contributed by atoms with Crippen molar-refractivity contribution in [3.8, 4) is 0 Å². The van der Waals surface area contributed by atoms with Crippen LogP contribution in [0.3, 0.4) is 0 Å². The first-order valence-electron chi connectivity index (χ1n) is 24.6. The van der Waals surface area contributed by atoms with E-state index in [9.17, 15) is 0 Å². The van der Waals surface area contributed by atoms with Crippen LogP contribution in [0, 0.1) is 17.8 Å². The van der Waals surface area contributed by atoms with Gasteiger partial charge in [-0.3, -0.25) is 0 Å². The fraction of sp³-hybridized carbons (Fsp3) is 1.00. The topological polar surface area (TPSA) is 73.8 Å². The van der Waals surface area contributed by atoms with Gasteiger partial charge in [-0.25, -0.2) is 0 Å². The summed E-state index contributed by atoms with van der Waals surface area (Å²) in [6, 6.07) is 3.24. The Kier molecular flexibility index (Phi) is 46.1. The molecule has 1 aliphatic carbocycles. The lowest BCUT2D eigenvalue weighted by Gasteiger charge is -2.36. The first-order valence-corrected chi connectivity index (χ1v) is 40.6. The van der Waals surface area contributed by atoms with Gasteiger partial charge >= 0.3 is 17.6 Å². The minimum absolute atomic E-state index is 0.109. The van der Waals surface area contributed by atoms with E-state index < -0.39 is 17.6 Å². The van der Waals surface area contributed by atoms with Crippen molar-refractivity contribution in [2.75, 3.05) is 75.9 Å². The largest absolute Gasteiger partial charge is 0.500 e. The van der Waals surface area contributed by atoms with Crippen LogP contribution >= 0.6 is 82.5 Å². The van der Waals surface area contributed by atoms with Crippen molar-refractivity contribution in [3.05, 3.63) is 0 Å². The Bertz CT molecular complexity index is 928. The third kappa shape index (κ3) is 32.9. The molecule has 0 spiro atoms. The Hall–Kier alpha value is 3.13. The zero-order chi connectivity index (χ0) is 45.3. The van der Waals surface area contributed by atoms with Crippen LogP contribution in [-0.2, 0) is 36.0 Å². The van der Waals surface area contributed by atoms with E-state index in [4.69, 9.17) is 36.0 Å². The van der Waals surface area contributed by atoms with Crippen LogP contribution < -0.4 is 0 Å². The highest BCUT2D eigenvalue weighted by Crippen LogP contribution is 2.48. The minimum Gasteiger partial charge on any atom is -0.374 e.